The highest BCUT2D eigenvalue weighted by Gasteiger charge is 2.24. The lowest BCUT2D eigenvalue weighted by molar-refractivity contribution is 0.169. The van der Waals surface area contributed by atoms with Gasteiger partial charge in [-0.25, -0.2) is 15.0 Å². The molecule has 1 fully saturated rings. The first-order valence-corrected chi connectivity index (χ1v) is 8.92. The molecule has 3 rings (SSSR count). The van der Waals surface area contributed by atoms with Crippen molar-refractivity contribution in [2.75, 3.05) is 32.2 Å². The largest absolute Gasteiger partial charge is 0.489 e. The Kier molecular flexibility index (Phi) is 6.11. The number of aromatic nitrogens is 3. The summed E-state index contributed by atoms with van der Waals surface area (Å²) in [7, 11) is 3.21. The van der Waals surface area contributed by atoms with Crippen LogP contribution >= 0.6 is 11.6 Å². The molecule has 0 N–H and O–H groups in total. The van der Waals surface area contributed by atoms with E-state index >= 15 is 0 Å². The lowest BCUT2D eigenvalue weighted by Gasteiger charge is -2.33. The Morgan fingerprint density at radius 3 is 2.58 bits per heavy atom. The van der Waals surface area contributed by atoms with Crippen molar-refractivity contribution in [2.24, 2.45) is 0 Å². The minimum atomic E-state index is 0.150. The minimum absolute atomic E-state index is 0.150. The van der Waals surface area contributed by atoms with Crippen LogP contribution < -0.4 is 14.4 Å². The van der Waals surface area contributed by atoms with E-state index in [9.17, 15) is 0 Å². The van der Waals surface area contributed by atoms with Gasteiger partial charge in [0.25, 0.3) is 0 Å². The van der Waals surface area contributed by atoms with Crippen LogP contribution in [0.4, 0.5) is 5.82 Å². The second kappa shape index (κ2) is 8.51. The van der Waals surface area contributed by atoms with Gasteiger partial charge in [0.2, 0.25) is 5.88 Å². The zero-order chi connectivity index (χ0) is 18.5. The predicted molar refractivity (Wildman–Crippen MR) is 99.1 cm³/mol. The van der Waals surface area contributed by atoms with Crippen molar-refractivity contribution >= 4 is 17.4 Å². The number of rotatable bonds is 6. The van der Waals surface area contributed by atoms with Crippen LogP contribution in [-0.2, 0) is 11.3 Å². The van der Waals surface area contributed by atoms with Crippen molar-refractivity contribution < 1.29 is 14.2 Å². The molecule has 1 aliphatic rings. The molecule has 1 aliphatic heterocycles. The number of halogens is 1. The molecule has 0 radical (unpaired) electrons. The van der Waals surface area contributed by atoms with E-state index < -0.39 is 0 Å². The third kappa shape index (κ3) is 4.34. The highest BCUT2D eigenvalue weighted by molar-refractivity contribution is 6.30. The van der Waals surface area contributed by atoms with E-state index in [4.69, 9.17) is 25.8 Å². The first-order valence-electron chi connectivity index (χ1n) is 8.54. The van der Waals surface area contributed by atoms with Crippen molar-refractivity contribution in [1.29, 1.82) is 0 Å². The van der Waals surface area contributed by atoms with Gasteiger partial charge in [-0.2, -0.15) is 0 Å². The fourth-order valence-corrected chi connectivity index (χ4v) is 3.14. The van der Waals surface area contributed by atoms with Gasteiger partial charge >= 0.3 is 0 Å². The third-order valence-corrected chi connectivity index (χ3v) is 4.71. The van der Waals surface area contributed by atoms with Crippen LogP contribution in [0.25, 0.3) is 0 Å². The van der Waals surface area contributed by atoms with E-state index in [0.717, 1.165) is 43.1 Å². The smallest absolute Gasteiger partial charge is 0.213 e. The number of methoxy groups -OCH3 is 2. The van der Waals surface area contributed by atoms with Gasteiger partial charge in [-0.15, -0.1) is 0 Å². The molecule has 26 heavy (non-hydrogen) atoms. The number of hydrogen-bond acceptors (Lipinski definition) is 7. The maximum Gasteiger partial charge on any atom is 0.213 e. The molecule has 0 saturated carbocycles. The molecular weight excluding hydrogens is 356 g/mol. The second-order valence-electron chi connectivity index (χ2n) is 6.15. The van der Waals surface area contributed by atoms with E-state index in [0.29, 0.717) is 23.5 Å². The molecule has 0 aromatic carbocycles. The molecule has 8 heteroatoms. The van der Waals surface area contributed by atoms with Crippen molar-refractivity contribution in [3.63, 3.8) is 0 Å². The Morgan fingerprint density at radius 2 is 1.96 bits per heavy atom. The van der Waals surface area contributed by atoms with Gasteiger partial charge in [0, 0.05) is 44.7 Å². The van der Waals surface area contributed by atoms with Gasteiger partial charge in [0.05, 0.1) is 13.3 Å². The summed E-state index contributed by atoms with van der Waals surface area (Å²) in [6.45, 7) is 3.97. The van der Waals surface area contributed by atoms with Crippen molar-refractivity contribution in [3.05, 3.63) is 34.9 Å². The summed E-state index contributed by atoms with van der Waals surface area (Å²) in [4.78, 5) is 15.3. The molecule has 2 aromatic rings. The van der Waals surface area contributed by atoms with Crippen LogP contribution in [0.5, 0.6) is 11.6 Å². The summed E-state index contributed by atoms with van der Waals surface area (Å²) in [5, 5.41) is 0.477. The summed E-state index contributed by atoms with van der Waals surface area (Å²) in [6.07, 6.45) is 3.63. The number of hydrogen-bond donors (Lipinski definition) is 0. The van der Waals surface area contributed by atoms with Gasteiger partial charge in [-0.05, 0) is 13.0 Å². The van der Waals surface area contributed by atoms with E-state index in [-0.39, 0.29) is 6.10 Å². The molecular formula is C18H23ClN4O3. The minimum Gasteiger partial charge on any atom is -0.489 e. The normalized spacial score (nSPS) is 15.2. The summed E-state index contributed by atoms with van der Waals surface area (Å²) < 4.78 is 16.2. The average Bonchev–Trinajstić information content (AvgIpc) is 2.66. The molecule has 0 spiro atoms. The summed E-state index contributed by atoms with van der Waals surface area (Å²) in [5.74, 6) is 2.81. The van der Waals surface area contributed by atoms with Crippen molar-refractivity contribution in [3.8, 4) is 11.6 Å². The Labute approximate surface area is 158 Å². The molecule has 1 saturated heterocycles. The maximum absolute atomic E-state index is 6.26. The molecule has 2 aromatic heterocycles. The Balaban J connectivity index is 1.62. The fraction of sp³-hybridized carbons (Fsp3) is 0.500. The second-order valence-corrected chi connectivity index (χ2v) is 6.51. The number of ether oxygens (including phenoxy) is 3. The molecule has 0 bridgehead atoms. The van der Waals surface area contributed by atoms with E-state index in [1.165, 1.54) is 0 Å². The summed E-state index contributed by atoms with van der Waals surface area (Å²) >= 11 is 6.26. The van der Waals surface area contributed by atoms with Crippen LogP contribution in [0.3, 0.4) is 0 Å². The summed E-state index contributed by atoms with van der Waals surface area (Å²) in [6, 6.07) is 3.68. The van der Waals surface area contributed by atoms with Gasteiger partial charge in [0.1, 0.15) is 29.4 Å². The molecule has 7 nitrogen and oxygen atoms in total. The van der Waals surface area contributed by atoms with Crippen LogP contribution in [0.1, 0.15) is 24.2 Å². The summed E-state index contributed by atoms with van der Waals surface area (Å²) in [5.41, 5.74) is 0.894. The monoisotopic (exact) mass is 378 g/mol. The van der Waals surface area contributed by atoms with E-state index in [1.54, 1.807) is 26.5 Å². The molecule has 0 atom stereocenters. The third-order valence-electron chi connectivity index (χ3n) is 4.34. The standard InChI is InChI=1S/C18H23ClN4O3/c1-12-17(19)21-15(11-24-2)22-18(12)23-8-6-13(7-9-23)26-14-4-5-16(25-3)20-10-14/h4-5,10,13H,6-9,11H2,1-3H3. The lowest BCUT2D eigenvalue weighted by Crippen LogP contribution is -2.39. The SMILES string of the molecule is COCc1nc(Cl)c(C)c(N2CCC(Oc3ccc(OC)nc3)CC2)n1. The molecule has 0 aliphatic carbocycles. The highest BCUT2D eigenvalue weighted by Crippen LogP contribution is 2.27. The molecule has 0 amide bonds. The number of piperidine rings is 1. The molecule has 0 unspecified atom stereocenters. The first-order chi connectivity index (χ1) is 12.6. The van der Waals surface area contributed by atoms with Gasteiger partial charge < -0.3 is 19.1 Å². The lowest BCUT2D eigenvalue weighted by atomic mass is 10.1. The van der Waals surface area contributed by atoms with Gasteiger partial charge in [-0.1, -0.05) is 11.6 Å². The Morgan fingerprint density at radius 1 is 1.19 bits per heavy atom. The van der Waals surface area contributed by atoms with Crippen LogP contribution in [0.2, 0.25) is 5.15 Å². The zero-order valence-electron chi connectivity index (χ0n) is 15.2. The topological polar surface area (TPSA) is 69.6 Å². The average molecular weight is 379 g/mol. The molecule has 3 heterocycles. The van der Waals surface area contributed by atoms with E-state index in [1.807, 2.05) is 13.0 Å². The maximum atomic E-state index is 6.26. The Bertz CT molecular complexity index is 734. The number of nitrogens with zero attached hydrogens (tertiary/aromatic N) is 4. The fourth-order valence-electron chi connectivity index (χ4n) is 2.96. The Hall–Kier alpha value is -2.12. The molecule has 140 valence electrons. The van der Waals surface area contributed by atoms with Crippen LogP contribution in [-0.4, -0.2) is 48.4 Å². The van der Waals surface area contributed by atoms with Crippen molar-refractivity contribution in [1.82, 2.24) is 15.0 Å². The number of pyridine rings is 1. The number of anilines is 1. The van der Waals surface area contributed by atoms with Gasteiger partial charge in [-0.3, -0.25) is 0 Å². The van der Waals surface area contributed by atoms with E-state index in [2.05, 4.69) is 19.9 Å². The first kappa shape index (κ1) is 18.7. The zero-order valence-corrected chi connectivity index (χ0v) is 16.0. The highest BCUT2D eigenvalue weighted by atomic mass is 35.5. The van der Waals surface area contributed by atoms with Gasteiger partial charge in [0.15, 0.2) is 5.82 Å². The quantitative estimate of drug-likeness (QED) is 0.715. The van der Waals surface area contributed by atoms with Crippen molar-refractivity contribution in [2.45, 2.75) is 32.5 Å². The van der Waals surface area contributed by atoms with Crippen LogP contribution in [0, 0.1) is 6.92 Å². The van der Waals surface area contributed by atoms with Crippen LogP contribution in [0.15, 0.2) is 18.3 Å². The predicted octanol–water partition coefficient (Wildman–Crippen LogP) is 3.04.